The second-order valence-electron chi connectivity index (χ2n) is 10.2. The van der Waals surface area contributed by atoms with Gasteiger partial charge in [-0.05, 0) is 49.3 Å². The minimum Gasteiger partial charge on any atom is -0.496 e. The molecule has 3 N–H and O–H groups in total. The van der Waals surface area contributed by atoms with Crippen LogP contribution in [-0.4, -0.2) is 41.8 Å². The van der Waals surface area contributed by atoms with E-state index < -0.39 is 23.9 Å². The van der Waals surface area contributed by atoms with E-state index in [1.807, 2.05) is 39.0 Å². The van der Waals surface area contributed by atoms with E-state index in [0.717, 1.165) is 30.2 Å². The van der Waals surface area contributed by atoms with Crippen molar-refractivity contribution in [2.45, 2.75) is 71.4 Å². The van der Waals surface area contributed by atoms with E-state index >= 15 is 0 Å². The van der Waals surface area contributed by atoms with Crippen LogP contribution in [-0.2, 0) is 9.59 Å². The number of Topliss-reactive ketones (excluding diaryl/α,β-unsaturated/α-hetero) is 1. The molecular weight excluding hydrogens is 432 g/mol. The summed E-state index contributed by atoms with van der Waals surface area (Å²) in [5.41, 5.74) is 0.819. The molecule has 1 saturated carbocycles. The summed E-state index contributed by atoms with van der Waals surface area (Å²) in [6.45, 7) is 5.95. The number of fused-ring (bicyclic) bond motifs is 1. The zero-order valence-electron chi connectivity index (χ0n) is 20.4. The predicted octanol–water partition coefficient (Wildman–Crippen LogP) is 3.87. The summed E-state index contributed by atoms with van der Waals surface area (Å²) < 4.78 is 5.36. The van der Waals surface area contributed by atoms with Crippen molar-refractivity contribution in [2.75, 3.05) is 7.11 Å². The Morgan fingerprint density at radius 1 is 1.26 bits per heavy atom. The van der Waals surface area contributed by atoms with Crippen molar-refractivity contribution >= 4 is 28.5 Å². The number of nitrogens with zero attached hydrogens (tertiary/aromatic N) is 1. The van der Waals surface area contributed by atoms with Gasteiger partial charge in [-0.1, -0.05) is 33.3 Å². The molecule has 182 valence electrons. The van der Waals surface area contributed by atoms with Crippen LogP contribution in [0.2, 0.25) is 0 Å². The number of methoxy groups -OCH3 is 1. The normalized spacial score (nSPS) is 18.1. The van der Waals surface area contributed by atoms with Crippen LogP contribution in [0.1, 0.15) is 69.8 Å². The Balaban J connectivity index is 1.74. The summed E-state index contributed by atoms with van der Waals surface area (Å²) in [6, 6.07) is 7.68. The Kier molecular flexibility index (Phi) is 7.98. The molecule has 3 atom stereocenters. The lowest BCUT2D eigenvalue weighted by molar-refractivity contribution is -0.126. The Morgan fingerprint density at radius 3 is 2.68 bits per heavy atom. The fourth-order valence-corrected chi connectivity index (χ4v) is 4.49. The van der Waals surface area contributed by atoms with Gasteiger partial charge in [-0.15, -0.1) is 0 Å². The number of ether oxygens (including phenoxy) is 1. The molecule has 1 unspecified atom stereocenters. The first-order valence-electron chi connectivity index (χ1n) is 11.8. The Bertz CT molecular complexity index is 1090. The van der Waals surface area contributed by atoms with Crippen LogP contribution in [0.3, 0.4) is 0 Å². The van der Waals surface area contributed by atoms with Gasteiger partial charge in [0.2, 0.25) is 5.91 Å². The molecule has 1 aliphatic carbocycles. The highest BCUT2D eigenvalue weighted by Gasteiger charge is 2.31. The zero-order chi connectivity index (χ0) is 24.9. The van der Waals surface area contributed by atoms with E-state index in [0.29, 0.717) is 30.7 Å². The second-order valence-corrected chi connectivity index (χ2v) is 10.2. The molecular formula is C26H34N4O4. The van der Waals surface area contributed by atoms with Crippen molar-refractivity contribution in [1.29, 1.82) is 5.26 Å². The summed E-state index contributed by atoms with van der Waals surface area (Å²) in [7, 11) is 1.57. The number of ketones is 1. The number of nitriles is 1. The SMILES string of the molecule is COc1cccc2[nH]c(C(=O)N[C@@H](CC(C)(C)C)C(=O)N[C@H](C#N)CC3CCCCC3=O)cc12. The third-order valence-corrected chi connectivity index (χ3v) is 6.20. The summed E-state index contributed by atoms with van der Waals surface area (Å²) in [4.78, 5) is 41.5. The number of aromatic nitrogens is 1. The van der Waals surface area contributed by atoms with Gasteiger partial charge in [0.05, 0.1) is 13.2 Å². The fraction of sp³-hybridized carbons (Fsp3) is 0.538. The predicted molar refractivity (Wildman–Crippen MR) is 129 cm³/mol. The van der Waals surface area contributed by atoms with E-state index in [4.69, 9.17) is 4.74 Å². The lowest BCUT2D eigenvalue weighted by atomic mass is 9.83. The lowest BCUT2D eigenvalue weighted by Crippen LogP contribution is -2.51. The van der Waals surface area contributed by atoms with Gasteiger partial charge in [0.25, 0.3) is 5.91 Å². The average Bonchev–Trinajstić information content (AvgIpc) is 3.23. The summed E-state index contributed by atoms with van der Waals surface area (Å²) >= 11 is 0. The van der Waals surface area contributed by atoms with E-state index in [2.05, 4.69) is 21.7 Å². The van der Waals surface area contributed by atoms with Gasteiger partial charge < -0.3 is 20.4 Å². The standard InChI is InChI=1S/C26H34N4O4/c1-26(2,3)14-21(25(33)28-17(15-27)12-16-8-5-6-10-22(16)31)30-24(32)20-13-18-19(29-20)9-7-11-23(18)34-4/h7,9,11,13,16-17,21,29H,5-6,8,10,12,14H2,1-4H3,(H,28,33)(H,30,32)/t16?,17-,21-/m0/s1. The molecule has 1 heterocycles. The first kappa shape index (κ1) is 25.3. The number of carbonyl (C=O) groups excluding carboxylic acids is 3. The number of carbonyl (C=O) groups is 3. The monoisotopic (exact) mass is 466 g/mol. The Morgan fingerprint density at radius 2 is 2.03 bits per heavy atom. The smallest absolute Gasteiger partial charge is 0.268 e. The molecule has 1 aromatic carbocycles. The van der Waals surface area contributed by atoms with Crippen molar-refractivity contribution < 1.29 is 19.1 Å². The molecule has 0 spiro atoms. The van der Waals surface area contributed by atoms with Crippen molar-refractivity contribution in [1.82, 2.24) is 15.6 Å². The van der Waals surface area contributed by atoms with Crippen LogP contribution < -0.4 is 15.4 Å². The van der Waals surface area contributed by atoms with Crippen molar-refractivity contribution in [3.05, 3.63) is 30.0 Å². The van der Waals surface area contributed by atoms with Gasteiger partial charge in [0.1, 0.15) is 29.3 Å². The number of hydrogen-bond acceptors (Lipinski definition) is 5. The minimum absolute atomic E-state index is 0.162. The maximum absolute atomic E-state index is 13.2. The van der Waals surface area contributed by atoms with Crippen LogP contribution in [0.15, 0.2) is 24.3 Å². The molecule has 1 fully saturated rings. The maximum atomic E-state index is 13.2. The molecule has 0 saturated heterocycles. The number of rotatable bonds is 8. The highest BCUT2D eigenvalue weighted by molar-refractivity contribution is 6.01. The van der Waals surface area contributed by atoms with Gasteiger partial charge >= 0.3 is 0 Å². The van der Waals surface area contributed by atoms with Crippen molar-refractivity contribution in [3.63, 3.8) is 0 Å². The van der Waals surface area contributed by atoms with Crippen LogP contribution >= 0.6 is 0 Å². The van der Waals surface area contributed by atoms with E-state index in [1.165, 1.54) is 0 Å². The Labute approximate surface area is 200 Å². The van der Waals surface area contributed by atoms with Gasteiger partial charge in [-0.3, -0.25) is 14.4 Å². The van der Waals surface area contributed by atoms with Crippen LogP contribution in [0.25, 0.3) is 10.9 Å². The molecule has 0 aliphatic heterocycles. The molecule has 2 aromatic rings. The van der Waals surface area contributed by atoms with Gasteiger partial charge in [-0.25, -0.2) is 0 Å². The lowest BCUT2D eigenvalue weighted by Gasteiger charge is -2.28. The summed E-state index contributed by atoms with van der Waals surface area (Å²) in [5.74, 6) is -0.235. The van der Waals surface area contributed by atoms with Crippen molar-refractivity contribution in [3.8, 4) is 11.8 Å². The molecule has 1 aliphatic rings. The molecule has 34 heavy (non-hydrogen) atoms. The maximum Gasteiger partial charge on any atom is 0.268 e. The average molecular weight is 467 g/mol. The number of aromatic amines is 1. The van der Waals surface area contributed by atoms with Gasteiger partial charge in [0.15, 0.2) is 0 Å². The summed E-state index contributed by atoms with van der Waals surface area (Å²) in [6.07, 6.45) is 3.82. The second kappa shape index (κ2) is 10.7. The van der Waals surface area contributed by atoms with Gasteiger partial charge in [-0.2, -0.15) is 5.26 Å². The molecule has 8 heteroatoms. The molecule has 0 bridgehead atoms. The fourth-order valence-electron chi connectivity index (χ4n) is 4.49. The number of hydrogen-bond donors (Lipinski definition) is 3. The highest BCUT2D eigenvalue weighted by Crippen LogP contribution is 2.27. The third kappa shape index (κ3) is 6.37. The van der Waals surface area contributed by atoms with Crippen LogP contribution in [0.4, 0.5) is 0 Å². The number of H-pyrrole nitrogens is 1. The van der Waals surface area contributed by atoms with Crippen LogP contribution in [0.5, 0.6) is 5.75 Å². The van der Waals surface area contributed by atoms with Gasteiger partial charge in [0, 0.05) is 23.2 Å². The minimum atomic E-state index is -0.835. The van der Waals surface area contributed by atoms with Crippen LogP contribution in [0, 0.1) is 22.7 Å². The molecule has 1 aromatic heterocycles. The zero-order valence-corrected chi connectivity index (χ0v) is 20.4. The first-order chi connectivity index (χ1) is 16.1. The molecule has 8 nitrogen and oxygen atoms in total. The highest BCUT2D eigenvalue weighted by atomic mass is 16.5. The largest absolute Gasteiger partial charge is 0.496 e. The van der Waals surface area contributed by atoms with E-state index in [9.17, 15) is 19.6 Å². The van der Waals surface area contributed by atoms with E-state index in [1.54, 1.807) is 13.2 Å². The number of nitrogens with one attached hydrogen (secondary N) is 3. The van der Waals surface area contributed by atoms with Crippen molar-refractivity contribution in [2.24, 2.45) is 11.3 Å². The molecule has 3 rings (SSSR count). The number of amides is 2. The molecule has 0 radical (unpaired) electrons. The first-order valence-corrected chi connectivity index (χ1v) is 11.8. The topological polar surface area (TPSA) is 124 Å². The van der Waals surface area contributed by atoms with E-state index in [-0.39, 0.29) is 17.1 Å². The molecule has 2 amide bonds. The summed E-state index contributed by atoms with van der Waals surface area (Å²) in [5, 5.41) is 16.0. The Hall–Kier alpha value is -3.34. The third-order valence-electron chi connectivity index (χ3n) is 6.20. The quantitative estimate of drug-likeness (QED) is 0.545. The number of benzene rings is 1.